The molecular formula is C51H63N3O8S. The summed E-state index contributed by atoms with van der Waals surface area (Å²) in [5.41, 5.74) is 3.15. The summed E-state index contributed by atoms with van der Waals surface area (Å²) in [6.07, 6.45) is 18.7. The number of fused-ring (bicyclic) bond motifs is 1. The molecule has 0 aliphatic heterocycles. The molecule has 0 unspecified atom stereocenters. The van der Waals surface area contributed by atoms with Crippen molar-refractivity contribution in [2.24, 2.45) is 22.9 Å². The number of ether oxygens (including phenoxy) is 5. The zero-order chi connectivity index (χ0) is 44.2. The van der Waals surface area contributed by atoms with Crippen LogP contribution in [0.2, 0.25) is 0 Å². The number of unbranched alkanes of at least 4 members (excludes halogenated alkanes) is 2. The van der Waals surface area contributed by atoms with Gasteiger partial charge in [-0.1, -0.05) is 75.3 Å². The van der Waals surface area contributed by atoms with Gasteiger partial charge in [-0.2, -0.15) is 5.10 Å². The molecule has 3 aromatic carbocycles. The number of para-hydroxylation sites is 1. The molecule has 4 aromatic rings. The molecule has 0 bridgehead atoms. The fourth-order valence-electron chi connectivity index (χ4n) is 8.33. The van der Waals surface area contributed by atoms with Crippen LogP contribution in [0, 0.1) is 17.8 Å². The van der Waals surface area contributed by atoms with Crippen LogP contribution in [-0.2, 0) is 23.9 Å². The Hall–Kier alpha value is -5.49. The molecule has 0 N–H and O–H groups in total. The molecule has 0 atom stereocenters. The molecule has 1 heterocycles. The highest BCUT2D eigenvalue weighted by Gasteiger charge is 2.29. The maximum absolute atomic E-state index is 13.2. The lowest BCUT2D eigenvalue weighted by atomic mass is 9.77. The number of hydrogen-bond acceptors (Lipinski definition) is 12. The zero-order valence-electron chi connectivity index (χ0n) is 36.8. The Labute approximate surface area is 376 Å². The van der Waals surface area contributed by atoms with Crippen molar-refractivity contribution in [2.75, 3.05) is 38.0 Å². The minimum Gasteiger partial charge on any atom is -0.493 e. The Morgan fingerprint density at radius 3 is 2.19 bits per heavy atom. The normalized spacial score (nSPS) is 18.7. The van der Waals surface area contributed by atoms with E-state index in [1.165, 1.54) is 63.0 Å². The highest BCUT2D eigenvalue weighted by Crippen LogP contribution is 2.39. The van der Waals surface area contributed by atoms with Crippen LogP contribution in [-0.4, -0.2) is 62.1 Å². The van der Waals surface area contributed by atoms with Gasteiger partial charge in [0.1, 0.15) is 17.2 Å². The van der Waals surface area contributed by atoms with E-state index >= 15 is 0 Å². The van der Waals surface area contributed by atoms with Gasteiger partial charge in [-0.25, -0.2) is 19.6 Å². The molecule has 0 amide bonds. The fourth-order valence-corrected chi connectivity index (χ4v) is 9.28. The smallest absolute Gasteiger partial charge is 0.330 e. The number of anilines is 1. The molecule has 0 radical (unpaired) electrons. The first-order valence-corrected chi connectivity index (χ1v) is 23.6. The van der Waals surface area contributed by atoms with Crippen LogP contribution in [0.15, 0.2) is 97.1 Å². The molecule has 2 aliphatic rings. The quantitative estimate of drug-likeness (QED) is 0.0168. The van der Waals surface area contributed by atoms with Crippen molar-refractivity contribution >= 4 is 50.8 Å². The number of carbonyl (C=O) groups excluding carboxylic acids is 3. The van der Waals surface area contributed by atoms with Gasteiger partial charge in [0.05, 0.1) is 48.8 Å². The third-order valence-corrected chi connectivity index (χ3v) is 13.0. The minimum absolute atomic E-state index is 0.173. The number of carbonyl (C=O) groups is 3. The van der Waals surface area contributed by atoms with Crippen LogP contribution in [0.4, 0.5) is 5.13 Å². The molecule has 2 fully saturated rings. The van der Waals surface area contributed by atoms with Crippen LogP contribution < -0.4 is 19.2 Å². The molecule has 0 saturated heterocycles. The SMILES string of the molecule is C=CC(=O)OCCCOc1ccc(OC(=O)C2CCC(COc3ccc(C4CCC(CCCCC)CC4)cc3/C=N/N(CCCOC(=O)C=C)c3nc4ccccc4s3)CC2)cc1. The number of aromatic nitrogens is 1. The van der Waals surface area contributed by atoms with Crippen molar-refractivity contribution in [1.29, 1.82) is 0 Å². The van der Waals surface area contributed by atoms with Crippen LogP contribution in [0.5, 0.6) is 17.2 Å². The number of thiazole rings is 1. The third-order valence-electron chi connectivity index (χ3n) is 12.0. The Morgan fingerprint density at radius 1 is 0.778 bits per heavy atom. The van der Waals surface area contributed by atoms with Crippen molar-refractivity contribution in [1.82, 2.24) is 4.98 Å². The molecule has 2 aliphatic carbocycles. The lowest BCUT2D eigenvalue weighted by molar-refractivity contribution is -0.140. The molecule has 11 nitrogen and oxygen atoms in total. The van der Waals surface area contributed by atoms with E-state index in [9.17, 15) is 14.4 Å². The molecule has 336 valence electrons. The zero-order valence-corrected chi connectivity index (χ0v) is 37.6. The Bertz CT molecular complexity index is 2080. The van der Waals surface area contributed by atoms with Gasteiger partial charge in [-0.15, -0.1) is 0 Å². The Morgan fingerprint density at radius 2 is 1.48 bits per heavy atom. The van der Waals surface area contributed by atoms with Gasteiger partial charge in [-0.05, 0) is 123 Å². The summed E-state index contributed by atoms with van der Waals surface area (Å²) in [5.74, 6) is 2.25. The van der Waals surface area contributed by atoms with E-state index < -0.39 is 11.9 Å². The summed E-state index contributed by atoms with van der Waals surface area (Å²) >= 11 is 1.58. The summed E-state index contributed by atoms with van der Waals surface area (Å²) in [4.78, 5) is 41.0. The van der Waals surface area contributed by atoms with Gasteiger partial charge >= 0.3 is 17.9 Å². The second-order valence-electron chi connectivity index (χ2n) is 16.6. The number of esters is 3. The van der Waals surface area contributed by atoms with Gasteiger partial charge in [0.25, 0.3) is 0 Å². The summed E-state index contributed by atoms with van der Waals surface area (Å²) < 4.78 is 29.4. The Kier molecular flexibility index (Phi) is 18.6. The van der Waals surface area contributed by atoms with Gasteiger partial charge in [0.15, 0.2) is 0 Å². The average molecular weight is 878 g/mol. The van der Waals surface area contributed by atoms with Crippen LogP contribution in [0.25, 0.3) is 10.2 Å². The lowest BCUT2D eigenvalue weighted by Crippen LogP contribution is -2.27. The first-order valence-electron chi connectivity index (χ1n) is 22.8. The number of hydrazone groups is 1. The van der Waals surface area contributed by atoms with Crippen molar-refractivity contribution in [2.45, 2.75) is 103 Å². The first-order chi connectivity index (χ1) is 30.8. The predicted octanol–water partition coefficient (Wildman–Crippen LogP) is 11.4. The fraction of sp³-hybridized carbons (Fsp3) is 0.471. The lowest BCUT2D eigenvalue weighted by Gasteiger charge is -2.29. The molecule has 12 heteroatoms. The van der Waals surface area contributed by atoms with E-state index in [4.69, 9.17) is 33.8 Å². The number of nitrogens with zero attached hydrogens (tertiary/aromatic N) is 3. The second-order valence-corrected chi connectivity index (χ2v) is 17.6. The summed E-state index contributed by atoms with van der Waals surface area (Å²) in [5, 5.41) is 7.68. The molecular weight excluding hydrogens is 815 g/mol. The standard InChI is InChI=1S/C51H63N3O8S/c1-4-7-8-13-37-16-20-39(21-17-37)41-24-29-46(42(34-41)35-52-54(30-11-31-59-48(55)5-2)51-53-45-14-9-10-15-47(45)63-51)61-36-38-18-22-40(23-19-38)50(57)62-44-27-25-43(26-28-44)58-32-12-33-60-49(56)6-3/h5-6,9-10,14-15,24-29,34-35,37-40H,2-4,7-8,11-13,16-23,30-33,36H2,1H3/b52-35+. The maximum Gasteiger partial charge on any atom is 0.330 e. The largest absolute Gasteiger partial charge is 0.493 e. The summed E-state index contributed by atoms with van der Waals surface area (Å²) in [6.45, 7) is 11.1. The van der Waals surface area contributed by atoms with E-state index in [0.717, 1.165) is 64.3 Å². The molecule has 63 heavy (non-hydrogen) atoms. The van der Waals surface area contributed by atoms with E-state index in [1.54, 1.807) is 35.6 Å². The predicted molar refractivity (Wildman–Crippen MR) is 250 cm³/mol. The highest BCUT2D eigenvalue weighted by atomic mass is 32.1. The van der Waals surface area contributed by atoms with Crippen LogP contribution in [0.1, 0.15) is 114 Å². The number of hydrogen-bond donors (Lipinski definition) is 0. The summed E-state index contributed by atoms with van der Waals surface area (Å²) in [7, 11) is 0. The van der Waals surface area contributed by atoms with E-state index in [0.29, 0.717) is 55.9 Å². The van der Waals surface area contributed by atoms with Crippen molar-refractivity contribution < 1.29 is 38.1 Å². The van der Waals surface area contributed by atoms with E-state index in [-0.39, 0.29) is 25.1 Å². The molecule has 6 rings (SSSR count). The number of benzene rings is 3. The van der Waals surface area contributed by atoms with E-state index in [1.807, 2.05) is 29.4 Å². The van der Waals surface area contributed by atoms with Gasteiger partial charge in [-0.3, -0.25) is 4.79 Å². The van der Waals surface area contributed by atoms with Crippen LogP contribution >= 0.6 is 11.3 Å². The third kappa shape index (κ3) is 14.8. The maximum atomic E-state index is 13.2. The minimum atomic E-state index is -0.454. The van der Waals surface area contributed by atoms with Crippen LogP contribution in [0.3, 0.4) is 0 Å². The summed E-state index contributed by atoms with van der Waals surface area (Å²) in [6, 6.07) is 21.7. The first kappa shape index (κ1) is 47.0. The number of rotatable bonds is 24. The molecule has 1 aromatic heterocycles. The molecule has 0 spiro atoms. The van der Waals surface area contributed by atoms with E-state index in [2.05, 4.69) is 44.3 Å². The second kappa shape index (κ2) is 25.0. The Balaban J connectivity index is 1.07. The van der Waals surface area contributed by atoms with Crippen molar-refractivity contribution in [3.63, 3.8) is 0 Å². The highest BCUT2D eigenvalue weighted by molar-refractivity contribution is 7.22. The van der Waals surface area contributed by atoms with Crippen molar-refractivity contribution in [3.8, 4) is 17.2 Å². The average Bonchev–Trinajstić information content (AvgIpc) is 3.76. The van der Waals surface area contributed by atoms with Gasteiger partial charge < -0.3 is 23.7 Å². The van der Waals surface area contributed by atoms with Gasteiger partial charge in [0, 0.05) is 37.1 Å². The van der Waals surface area contributed by atoms with Gasteiger partial charge in [0.2, 0.25) is 5.13 Å². The monoisotopic (exact) mass is 877 g/mol. The van der Waals surface area contributed by atoms with Crippen molar-refractivity contribution in [3.05, 3.63) is 103 Å². The topological polar surface area (TPSA) is 126 Å². The molecule has 2 saturated carbocycles.